The predicted molar refractivity (Wildman–Crippen MR) is 76.8 cm³/mol. The van der Waals surface area contributed by atoms with E-state index in [9.17, 15) is 0 Å². The Balaban J connectivity index is 2.21. The highest BCUT2D eigenvalue weighted by molar-refractivity contribution is 9.08. The van der Waals surface area contributed by atoms with E-state index in [0.717, 1.165) is 11.9 Å². The Morgan fingerprint density at radius 2 is 2.12 bits per heavy atom. The van der Waals surface area contributed by atoms with Crippen molar-refractivity contribution in [1.29, 1.82) is 0 Å². The molecule has 1 aromatic rings. The van der Waals surface area contributed by atoms with Crippen LogP contribution in [0.1, 0.15) is 44.6 Å². The first kappa shape index (κ1) is 12.9. The normalized spacial score (nSPS) is 17.1. The summed E-state index contributed by atoms with van der Waals surface area (Å²) in [6, 6.07) is 4.89. The minimum atomic E-state index is 0.696. The molecule has 0 atom stereocenters. The first-order valence-electron chi connectivity index (χ1n) is 6.63. The molecule has 1 aliphatic rings. The van der Waals surface area contributed by atoms with E-state index in [2.05, 4.69) is 38.8 Å². The summed E-state index contributed by atoms with van der Waals surface area (Å²) < 4.78 is 0. The Morgan fingerprint density at radius 3 is 2.76 bits per heavy atom. The molecule has 0 spiro atoms. The molecule has 1 saturated carbocycles. The number of halogens is 1. The van der Waals surface area contributed by atoms with Crippen LogP contribution < -0.4 is 4.90 Å². The highest BCUT2D eigenvalue weighted by atomic mass is 79.9. The second-order valence-corrected chi connectivity index (χ2v) is 5.26. The highest BCUT2D eigenvalue weighted by Crippen LogP contribution is 2.28. The minimum absolute atomic E-state index is 0.696. The summed E-state index contributed by atoms with van der Waals surface area (Å²) in [6.45, 7) is 3.29. The van der Waals surface area contributed by atoms with Crippen molar-refractivity contribution >= 4 is 21.7 Å². The van der Waals surface area contributed by atoms with Gasteiger partial charge in [0.2, 0.25) is 0 Å². The van der Waals surface area contributed by atoms with Crippen molar-refractivity contribution in [2.75, 3.05) is 11.4 Å². The monoisotopic (exact) mass is 296 g/mol. The number of anilines is 1. The number of hydrogen-bond acceptors (Lipinski definition) is 2. The summed E-state index contributed by atoms with van der Waals surface area (Å²) in [5.41, 5.74) is 1.31. The molecular formula is C14H21BrN2. The maximum Gasteiger partial charge on any atom is 0.132 e. The van der Waals surface area contributed by atoms with Crippen LogP contribution in [0.3, 0.4) is 0 Å². The summed E-state index contributed by atoms with van der Waals surface area (Å²) in [5, 5.41) is 0.888. The van der Waals surface area contributed by atoms with E-state index < -0.39 is 0 Å². The third-order valence-corrected chi connectivity index (χ3v) is 4.24. The van der Waals surface area contributed by atoms with Crippen LogP contribution >= 0.6 is 15.9 Å². The molecule has 2 rings (SSSR count). The van der Waals surface area contributed by atoms with E-state index in [-0.39, 0.29) is 0 Å². The Hall–Kier alpha value is -0.570. The summed E-state index contributed by atoms with van der Waals surface area (Å²) in [5.74, 6) is 1.18. The largest absolute Gasteiger partial charge is 0.354 e. The van der Waals surface area contributed by atoms with E-state index in [4.69, 9.17) is 0 Å². The lowest BCUT2D eigenvalue weighted by Gasteiger charge is -2.35. The lowest BCUT2D eigenvalue weighted by atomic mass is 9.94. The van der Waals surface area contributed by atoms with Crippen molar-refractivity contribution in [3.63, 3.8) is 0 Å². The van der Waals surface area contributed by atoms with Gasteiger partial charge in [-0.05, 0) is 25.8 Å². The van der Waals surface area contributed by atoms with Crippen LogP contribution in [0.15, 0.2) is 18.3 Å². The molecule has 0 amide bonds. The van der Waals surface area contributed by atoms with Crippen LogP contribution in [-0.2, 0) is 5.33 Å². The highest BCUT2D eigenvalue weighted by Gasteiger charge is 2.22. The zero-order chi connectivity index (χ0) is 12.1. The van der Waals surface area contributed by atoms with Crippen LogP contribution in [0.2, 0.25) is 0 Å². The fourth-order valence-electron chi connectivity index (χ4n) is 2.77. The van der Waals surface area contributed by atoms with E-state index in [0.29, 0.717) is 6.04 Å². The first-order chi connectivity index (χ1) is 8.36. The van der Waals surface area contributed by atoms with Crippen molar-refractivity contribution in [3.05, 3.63) is 23.9 Å². The van der Waals surface area contributed by atoms with Gasteiger partial charge in [-0.1, -0.05) is 41.3 Å². The van der Waals surface area contributed by atoms with Crippen LogP contribution in [0.5, 0.6) is 0 Å². The SMILES string of the molecule is CCN(c1ncccc1CBr)C1CCCCC1. The van der Waals surface area contributed by atoms with Gasteiger partial charge in [-0.15, -0.1) is 0 Å². The van der Waals surface area contributed by atoms with Gasteiger partial charge in [-0.3, -0.25) is 0 Å². The van der Waals surface area contributed by atoms with Gasteiger partial charge in [0.05, 0.1) is 0 Å². The van der Waals surface area contributed by atoms with Crippen molar-refractivity contribution in [2.45, 2.75) is 50.4 Å². The van der Waals surface area contributed by atoms with Crippen LogP contribution in [0.25, 0.3) is 0 Å². The summed E-state index contributed by atoms with van der Waals surface area (Å²) in [7, 11) is 0. The molecule has 0 saturated heterocycles. The van der Waals surface area contributed by atoms with Gasteiger partial charge in [0.15, 0.2) is 0 Å². The fraction of sp³-hybridized carbons (Fsp3) is 0.643. The maximum atomic E-state index is 4.59. The average Bonchev–Trinajstić information content (AvgIpc) is 2.41. The number of alkyl halides is 1. The van der Waals surface area contributed by atoms with Gasteiger partial charge in [-0.2, -0.15) is 0 Å². The molecule has 1 heterocycles. The molecule has 1 fully saturated rings. The van der Waals surface area contributed by atoms with E-state index in [1.54, 1.807) is 0 Å². The molecule has 2 nitrogen and oxygen atoms in total. The lowest BCUT2D eigenvalue weighted by molar-refractivity contribution is 0.416. The van der Waals surface area contributed by atoms with Gasteiger partial charge in [0.25, 0.3) is 0 Å². The molecule has 0 radical (unpaired) electrons. The zero-order valence-corrected chi connectivity index (χ0v) is 12.1. The molecule has 1 aromatic heterocycles. The van der Waals surface area contributed by atoms with Crippen molar-refractivity contribution in [2.24, 2.45) is 0 Å². The molecule has 0 aliphatic heterocycles. The van der Waals surface area contributed by atoms with Gasteiger partial charge in [-0.25, -0.2) is 4.98 Å². The Labute approximate surface area is 113 Å². The molecule has 0 unspecified atom stereocenters. The predicted octanol–water partition coefficient (Wildman–Crippen LogP) is 4.14. The third-order valence-electron chi connectivity index (χ3n) is 3.64. The Kier molecular flexibility index (Phi) is 4.84. The molecule has 3 heteroatoms. The summed E-state index contributed by atoms with van der Waals surface area (Å²) >= 11 is 3.56. The maximum absolute atomic E-state index is 4.59. The second kappa shape index (κ2) is 6.39. The van der Waals surface area contributed by atoms with Crippen LogP contribution in [0.4, 0.5) is 5.82 Å². The Morgan fingerprint density at radius 1 is 1.35 bits per heavy atom. The molecule has 0 N–H and O–H groups in total. The zero-order valence-electron chi connectivity index (χ0n) is 10.5. The number of rotatable bonds is 4. The fourth-order valence-corrected chi connectivity index (χ4v) is 3.20. The molecule has 0 aromatic carbocycles. The quantitative estimate of drug-likeness (QED) is 0.777. The number of pyridine rings is 1. The lowest BCUT2D eigenvalue weighted by Crippen LogP contribution is -2.37. The number of aromatic nitrogens is 1. The molecule has 94 valence electrons. The van der Waals surface area contributed by atoms with Crippen LogP contribution in [-0.4, -0.2) is 17.6 Å². The van der Waals surface area contributed by atoms with Crippen molar-refractivity contribution in [1.82, 2.24) is 4.98 Å². The summed E-state index contributed by atoms with van der Waals surface area (Å²) in [4.78, 5) is 7.09. The molecule has 1 aliphatic carbocycles. The molecular weight excluding hydrogens is 276 g/mol. The standard InChI is InChI=1S/C14H21BrN2/c1-2-17(13-8-4-3-5-9-13)14-12(11-15)7-6-10-16-14/h6-7,10,13H,2-5,8-9,11H2,1H3. The van der Waals surface area contributed by atoms with Gasteiger partial charge in [0, 0.05) is 29.7 Å². The second-order valence-electron chi connectivity index (χ2n) is 4.70. The topological polar surface area (TPSA) is 16.1 Å². The van der Waals surface area contributed by atoms with Crippen molar-refractivity contribution in [3.8, 4) is 0 Å². The van der Waals surface area contributed by atoms with Crippen molar-refractivity contribution < 1.29 is 0 Å². The minimum Gasteiger partial charge on any atom is -0.354 e. The van der Waals surface area contributed by atoms with Gasteiger partial charge >= 0.3 is 0 Å². The Bertz CT molecular complexity index is 348. The van der Waals surface area contributed by atoms with E-state index >= 15 is 0 Å². The number of hydrogen-bond donors (Lipinski definition) is 0. The third kappa shape index (κ3) is 3.01. The smallest absolute Gasteiger partial charge is 0.132 e. The molecule has 17 heavy (non-hydrogen) atoms. The van der Waals surface area contributed by atoms with Crippen LogP contribution in [0, 0.1) is 0 Å². The van der Waals surface area contributed by atoms with Gasteiger partial charge < -0.3 is 4.90 Å². The van der Waals surface area contributed by atoms with E-state index in [1.165, 1.54) is 43.5 Å². The summed E-state index contributed by atoms with van der Waals surface area (Å²) in [6.07, 6.45) is 8.71. The van der Waals surface area contributed by atoms with Gasteiger partial charge in [0.1, 0.15) is 5.82 Å². The average molecular weight is 297 g/mol. The molecule has 0 bridgehead atoms. The van der Waals surface area contributed by atoms with E-state index in [1.807, 2.05) is 12.3 Å². The number of nitrogens with zero attached hydrogens (tertiary/aromatic N) is 2. The first-order valence-corrected chi connectivity index (χ1v) is 7.75.